The van der Waals surface area contributed by atoms with Gasteiger partial charge in [0.15, 0.2) is 0 Å². The SMILES string of the molecule is NC(Cc1sccc1Br)c1cc(F)cc(F)c1. The molecule has 2 rings (SSSR count). The van der Waals surface area contributed by atoms with Gasteiger partial charge in [-0.1, -0.05) is 0 Å². The smallest absolute Gasteiger partial charge is 0.126 e. The van der Waals surface area contributed by atoms with E-state index >= 15 is 0 Å². The molecule has 1 nitrogen and oxygen atoms in total. The van der Waals surface area contributed by atoms with E-state index in [1.54, 1.807) is 11.3 Å². The van der Waals surface area contributed by atoms with Crippen molar-refractivity contribution in [2.75, 3.05) is 0 Å². The van der Waals surface area contributed by atoms with Crippen LogP contribution in [0.4, 0.5) is 8.78 Å². The van der Waals surface area contributed by atoms with Crippen LogP contribution in [-0.4, -0.2) is 0 Å². The van der Waals surface area contributed by atoms with Gasteiger partial charge in [-0.2, -0.15) is 0 Å². The van der Waals surface area contributed by atoms with E-state index in [0.717, 1.165) is 15.4 Å². The second kappa shape index (κ2) is 5.25. The topological polar surface area (TPSA) is 26.0 Å². The van der Waals surface area contributed by atoms with E-state index in [9.17, 15) is 8.78 Å². The number of nitrogens with two attached hydrogens (primary N) is 1. The summed E-state index contributed by atoms with van der Waals surface area (Å²) < 4.78 is 27.1. The molecule has 0 radical (unpaired) electrons. The summed E-state index contributed by atoms with van der Waals surface area (Å²) in [7, 11) is 0. The second-order valence-electron chi connectivity index (χ2n) is 3.71. The van der Waals surface area contributed by atoms with Gasteiger partial charge in [-0.25, -0.2) is 8.78 Å². The molecule has 0 saturated heterocycles. The molecule has 1 atom stereocenters. The van der Waals surface area contributed by atoms with Crippen LogP contribution in [0.1, 0.15) is 16.5 Å². The summed E-state index contributed by atoms with van der Waals surface area (Å²) in [5.41, 5.74) is 6.42. The molecule has 0 fully saturated rings. The molecule has 1 heterocycles. The Balaban J connectivity index is 2.20. The van der Waals surface area contributed by atoms with E-state index in [-0.39, 0.29) is 0 Å². The Morgan fingerprint density at radius 2 is 1.88 bits per heavy atom. The highest BCUT2D eigenvalue weighted by Crippen LogP contribution is 2.27. The van der Waals surface area contributed by atoms with Crippen LogP contribution < -0.4 is 5.73 Å². The number of hydrogen-bond donors (Lipinski definition) is 1. The third-order valence-electron chi connectivity index (χ3n) is 2.41. The van der Waals surface area contributed by atoms with Gasteiger partial charge in [0.25, 0.3) is 0 Å². The molecule has 90 valence electrons. The van der Waals surface area contributed by atoms with Crippen LogP contribution in [0.3, 0.4) is 0 Å². The van der Waals surface area contributed by atoms with Crippen molar-refractivity contribution in [2.24, 2.45) is 5.73 Å². The molecule has 1 aromatic heterocycles. The lowest BCUT2D eigenvalue weighted by Crippen LogP contribution is -2.13. The molecule has 0 aliphatic heterocycles. The van der Waals surface area contributed by atoms with Crippen LogP contribution in [0.2, 0.25) is 0 Å². The molecule has 2 N–H and O–H groups in total. The fraction of sp³-hybridized carbons (Fsp3) is 0.167. The number of rotatable bonds is 3. The highest BCUT2D eigenvalue weighted by Gasteiger charge is 2.12. The molecule has 2 aromatic rings. The largest absolute Gasteiger partial charge is 0.324 e. The van der Waals surface area contributed by atoms with Gasteiger partial charge in [0.1, 0.15) is 11.6 Å². The van der Waals surface area contributed by atoms with Crippen molar-refractivity contribution in [1.29, 1.82) is 0 Å². The summed E-state index contributed by atoms with van der Waals surface area (Å²) in [5, 5.41) is 1.94. The molecule has 0 amide bonds. The first-order valence-electron chi connectivity index (χ1n) is 4.99. The van der Waals surface area contributed by atoms with Gasteiger partial charge in [-0.15, -0.1) is 11.3 Å². The Morgan fingerprint density at radius 1 is 1.24 bits per heavy atom. The molecule has 0 saturated carbocycles. The van der Waals surface area contributed by atoms with Gasteiger partial charge in [-0.3, -0.25) is 0 Å². The first-order valence-corrected chi connectivity index (χ1v) is 6.67. The Morgan fingerprint density at radius 3 is 2.41 bits per heavy atom. The molecule has 1 unspecified atom stereocenters. The molecule has 1 aromatic carbocycles. The molecule has 5 heteroatoms. The Hall–Kier alpha value is -0.780. The highest BCUT2D eigenvalue weighted by molar-refractivity contribution is 9.10. The first-order chi connectivity index (χ1) is 8.06. The average Bonchev–Trinajstić information content (AvgIpc) is 2.63. The zero-order valence-corrected chi connectivity index (χ0v) is 11.2. The van der Waals surface area contributed by atoms with Crippen LogP contribution in [0, 0.1) is 11.6 Å². The van der Waals surface area contributed by atoms with Crippen LogP contribution in [0.15, 0.2) is 34.1 Å². The van der Waals surface area contributed by atoms with Crippen molar-refractivity contribution in [1.82, 2.24) is 0 Å². The number of thiophene rings is 1. The standard InChI is InChI=1S/C12H10BrF2NS/c13-10-1-2-17-12(10)6-11(16)7-3-8(14)5-9(15)4-7/h1-5,11H,6,16H2. The second-order valence-corrected chi connectivity index (χ2v) is 5.56. The Kier molecular flexibility index (Phi) is 3.91. The van der Waals surface area contributed by atoms with Crippen molar-refractivity contribution < 1.29 is 8.78 Å². The fourth-order valence-electron chi connectivity index (χ4n) is 1.58. The van der Waals surface area contributed by atoms with Crippen LogP contribution in [-0.2, 0) is 6.42 Å². The van der Waals surface area contributed by atoms with Crippen LogP contribution >= 0.6 is 27.3 Å². The molecule has 0 spiro atoms. The van der Waals surface area contributed by atoms with E-state index in [1.165, 1.54) is 12.1 Å². The predicted octanol–water partition coefficient (Wildman–Crippen LogP) is 4.03. The quantitative estimate of drug-likeness (QED) is 0.908. The number of hydrogen-bond acceptors (Lipinski definition) is 2. The summed E-state index contributed by atoms with van der Waals surface area (Å²) in [4.78, 5) is 1.07. The van der Waals surface area contributed by atoms with Crippen molar-refractivity contribution in [3.05, 3.63) is 56.2 Å². The van der Waals surface area contributed by atoms with Crippen molar-refractivity contribution in [2.45, 2.75) is 12.5 Å². The highest BCUT2D eigenvalue weighted by atomic mass is 79.9. The summed E-state index contributed by atoms with van der Waals surface area (Å²) >= 11 is 4.97. The van der Waals surface area contributed by atoms with E-state index < -0.39 is 17.7 Å². The van der Waals surface area contributed by atoms with Gasteiger partial charge >= 0.3 is 0 Å². The number of benzene rings is 1. The van der Waals surface area contributed by atoms with Gasteiger partial charge in [-0.05, 0) is 45.1 Å². The summed E-state index contributed by atoms with van der Waals surface area (Å²) in [6.45, 7) is 0. The van der Waals surface area contributed by atoms with Crippen molar-refractivity contribution in [3.8, 4) is 0 Å². The van der Waals surface area contributed by atoms with Gasteiger partial charge < -0.3 is 5.73 Å². The first kappa shape index (κ1) is 12.7. The van der Waals surface area contributed by atoms with E-state index in [0.29, 0.717) is 12.0 Å². The third-order valence-corrected chi connectivity index (χ3v) is 4.36. The lowest BCUT2D eigenvalue weighted by atomic mass is 10.0. The molecule has 17 heavy (non-hydrogen) atoms. The summed E-state index contributed by atoms with van der Waals surface area (Å²) in [6.07, 6.45) is 0.557. The van der Waals surface area contributed by atoms with Crippen molar-refractivity contribution >= 4 is 27.3 Å². The molecule has 0 aliphatic carbocycles. The van der Waals surface area contributed by atoms with Crippen LogP contribution in [0.5, 0.6) is 0 Å². The zero-order chi connectivity index (χ0) is 12.4. The lowest BCUT2D eigenvalue weighted by molar-refractivity contribution is 0.573. The Labute approximate surface area is 110 Å². The molecule has 0 bridgehead atoms. The number of halogens is 3. The monoisotopic (exact) mass is 317 g/mol. The minimum atomic E-state index is -0.597. The van der Waals surface area contributed by atoms with Gasteiger partial charge in [0, 0.05) is 27.9 Å². The van der Waals surface area contributed by atoms with Crippen molar-refractivity contribution in [3.63, 3.8) is 0 Å². The zero-order valence-electron chi connectivity index (χ0n) is 8.79. The van der Waals surface area contributed by atoms with Crippen LogP contribution in [0.25, 0.3) is 0 Å². The third kappa shape index (κ3) is 3.12. The minimum Gasteiger partial charge on any atom is -0.324 e. The molecular weight excluding hydrogens is 308 g/mol. The van der Waals surface area contributed by atoms with E-state index in [2.05, 4.69) is 15.9 Å². The molecular formula is C12H10BrF2NS. The maximum atomic E-state index is 13.0. The van der Waals surface area contributed by atoms with Gasteiger partial charge in [0.05, 0.1) is 0 Å². The normalized spacial score (nSPS) is 12.7. The maximum absolute atomic E-state index is 13.0. The maximum Gasteiger partial charge on any atom is 0.126 e. The average molecular weight is 318 g/mol. The predicted molar refractivity (Wildman–Crippen MR) is 69.0 cm³/mol. The van der Waals surface area contributed by atoms with E-state index in [4.69, 9.17) is 5.73 Å². The summed E-state index contributed by atoms with van der Waals surface area (Å²) in [5.74, 6) is -1.19. The molecule has 0 aliphatic rings. The minimum absolute atomic E-state index is 0.407. The Bertz CT molecular complexity index is 507. The fourth-order valence-corrected chi connectivity index (χ4v) is 3.15. The lowest BCUT2D eigenvalue weighted by Gasteiger charge is -2.11. The van der Waals surface area contributed by atoms with Gasteiger partial charge in [0.2, 0.25) is 0 Å². The van der Waals surface area contributed by atoms with E-state index in [1.807, 2.05) is 11.4 Å². The summed E-state index contributed by atoms with van der Waals surface area (Å²) in [6, 6.07) is 4.91.